The highest BCUT2D eigenvalue weighted by Gasteiger charge is 2.22. The molecule has 0 aromatic carbocycles. The van der Waals surface area contributed by atoms with Gasteiger partial charge in [0.2, 0.25) is 5.95 Å². The van der Waals surface area contributed by atoms with Crippen molar-refractivity contribution in [2.24, 2.45) is 5.73 Å². The summed E-state index contributed by atoms with van der Waals surface area (Å²) in [5.41, 5.74) is 5.12. The van der Waals surface area contributed by atoms with Crippen LogP contribution in [0.2, 0.25) is 0 Å². The fourth-order valence-corrected chi connectivity index (χ4v) is 3.34. The van der Waals surface area contributed by atoms with E-state index in [2.05, 4.69) is 9.97 Å². The van der Waals surface area contributed by atoms with Gasteiger partial charge in [-0.15, -0.1) is 12.4 Å². The van der Waals surface area contributed by atoms with Gasteiger partial charge in [0.25, 0.3) is 0 Å². The van der Waals surface area contributed by atoms with Gasteiger partial charge in [0, 0.05) is 25.2 Å². The number of piperidine rings is 1. The van der Waals surface area contributed by atoms with Crippen LogP contribution in [0.3, 0.4) is 0 Å². The third kappa shape index (κ3) is 3.52. The Kier molecular flexibility index (Phi) is 5.63. The maximum absolute atomic E-state index is 12.3. The van der Waals surface area contributed by atoms with E-state index in [4.69, 9.17) is 5.73 Å². The van der Waals surface area contributed by atoms with E-state index in [9.17, 15) is 9.59 Å². The van der Waals surface area contributed by atoms with Gasteiger partial charge in [0.15, 0.2) is 0 Å². The van der Waals surface area contributed by atoms with E-state index < -0.39 is 5.69 Å². The second-order valence-corrected chi connectivity index (χ2v) is 6.13. The fourth-order valence-electron chi connectivity index (χ4n) is 3.34. The minimum atomic E-state index is -0.421. The summed E-state index contributed by atoms with van der Waals surface area (Å²) in [5, 5.41) is 0. The largest absolute Gasteiger partial charge is 0.355 e. The molecule has 3 rings (SSSR count). The molecule has 2 fully saturated rings. The van der Waals surface area contributed by atoms with Crippen molar-refractivity contribution < 1.29 is 0 Å². The zero-order valence-corrected chi connectivity index (χ0v) is 13.5. The molecule has 2 aliphatic rings. The van der Waals surface area contributed by atoms with Crippen LogP contribution in [0.5, 0.6) is 0 Å². The van der Waals surface area contributed by atoms with Crippen molar-refractivity contribution in [2.45, 2.75) is 57.0 Å². The Morgan fingerprint density at radius 2 is 1.68 bits per heavy atom. The molecule has 7 nitrogen and oxygen atoms in total. The van der Waals surface area contributed by atoms with Crippen molar-refractivity contribution in [3.63, 3.8) is 0 Å². The number of aromatic nitrogens is 3. The Morgan fingerprint density at radius 3 is 2.27 bits per heavy atom. The first-order chi connectivity index (χ1) is 10.1. The molecule has 1 saturated carbocycles. The van der Waals surface area contributed by atoms with Crippen LogP contribution in [0.15, 0.2) is 9.59 Å². The van der Waals surface area contributed by atoms with Crippen LogP contribution in [0.1, 0.15) is 51.0 Å². The molecule has 0 amide bonds. The zero-order chi connectivity index (χ0) is 14.8. The minimum absolute atomic E-state index is 0. The van der Waals surface area contributed by atoms with Crippen LogP contribution in [0.25, 0.3) is 0 Å². The van der Waals surface area contributed by atoms with Crippen LogP contribution in [0, 0.1) is 0 Å². The number of H-pyrrole nitrogens is 1. The summed E-state index contributed by atoms with van der Waals surface area (Å²) in [7, 11) is 0. The van der Waals surface area contributed by atoms with Crippen LogP contribution >= 0.6 is 12.4 Å². The lowest BCUT2D eigenvalue weighted by Crippen LogP contribution is -2.45. The van der Waals surface area contributed by atoms with E-state index in [0.717, 1.165) is 51.6 Å². The van der Waals surface area contributed by atoms with Gasteiger partial charge in [-0.2, -0.15) is 4.98 Å². The topological polar surface area (TPSA) is 97.0 Å². The lowest BCUT2D eigenvalue weighted by Gasteiger charge is -2.30. The van der Waals surface area contributed by atoms with Gasteiger partial charge >= 0.3 is 11.4 Å². The molecule has 2 heterocycles. The number of anilines is 1. The molecule has 0 bridgehead atoms. The Bertz CT molecular complexity index is 569. The molecule has 124 valence electrons. The number of hydrogen-bond acceptors (Lipinski definition) is 5. The Morgan fingerprint density at radius 1 is 1.05 bits per heavy atom. The van der Waals surface area contributed by atoms with Gasteiger partial charge < -0.3 is 10.6 Å². The minimum Gasteiger partial charge on any atom is -0.342 e. The average molecular weight is 330 g/mol. The summed E-state index contributed by atoms with van der Waals surface area (Å²) in [6, 6.07) is 0.210. The van der Waals surface area contributed by atoms with E-state index in [-0.39, 0.29) is 30.2 Å². The second-order valence-electron chi connectivity index (χ2n) is 6.13. The second kappa shape index (κ2) is 7.28. The van der Waals surface area contributed by atoms with Crippen molar-refractivity contribution in [1.82, 2.24) is 14.5 Å². The number of halogens is 1. The van der Waals surface area contributed by atoms with E-state index in [1.165, 1.54) is 11.0 Å². The van der Waals surface area contributed by atoms with Crippen molar-refractivity contribution in [3.8, 4) is 0 Å². The third-order valence-electron chi connectivity index (χ3n) is 4.62. The summed E-state index contributed by atoms with van der Waals surface area (Å²) < 4.78 is 1.30. The van der Waals surface area contributed by atoms with Crippen molar-refractivity contribution in [1.29, 1.82) is 0 Å². The average Bonchev–Trinajstić information content (AvgIpc) is 2.48. The predicted molar refractivity (Wildman–Crippen MR) is 87.9 cm³/mol. The highest BCUT2D eigenvalue weighted by Crippen LogP contribution is 2.25. The highest BCUT2D eigenvalue weighted by atomic mass is 35.5. The Labute approximate surface area is 135 Å². The van der Waals surface area contributed by atoms with Crippen LogP contribution in [-0.2, 0) is 0 Å². The monoisotopic (exact) mass is 329 g/mol. The van der Waals surface area contributed by atoms with Crippen LogP contribution in [-0.4, -0.2) is 33.7 Å². The molecule has 3 N–H and O–H groups in total. The van der Waals surface area contributed by atoms with Gasteiger partial charge in [0.1, 0.15) is 0 Å². The summed E-state index contributed by atoms with van der Waals surface area (Å²) in [5.74, 6) is 0.393. The first-order valence-corrected chi connectivity index (χ1v) is 7.88. The Balaban J connectivity index is 0.00000176. The lowest BCUT2D eigenvalue weighted by molar-refractivity contribution is 0.331. The van der Waals surface area contributed by atoms with E-state index in [0.29, 0.717) is 5.95 Å². The van der Waals surface area contributed by atoms with Crippen molar-refractivity contribution >= 4 is 18.4 Å². The highest BCUT2D eigenvalue weighted by molar-refractivity contribution is 5.85. The molecule has 1 aliphatic heterocycles. The number of nitrogens with zero attached hydrogens (tertiary/aromatic N) is 3. The molecular formula is C14H24ClN5O2. The van der Waals surface area contributed by atoms with E-state index >= 15 is 0 Å². The van der Waals surface area contributed by atoms with E-state index in [1.807, 2.05) is 4.90 Å². The molecule has 0 unspecified atom stereocenters. The quantitative estimate of drug-likeness (QED) is 0.836. The number of hydrogen-bond donors (Lipinski definition) is 2. The van der Waals surface area contributed by atoms with E-state index in [1.54, 1.807) is 0 Å². The smallest absolute Gasteiger partial charge is 0.342 e. The zero-order valence-electron chi connectivity index (χ0n) is 12.7. The summed E-state index contributed by atoms with van der Waals surface area (Å²) >= 11 is 0. The summed E-state index contributed by atoms with van der Waals surface area (Å²) in [4.78, 5) is 33.3. The first-order valence-electron chi connectivity index (χ1n) is 7.88. The molecule has 1 aromatic rings. The number of nitrogens with one attached hydrogen (secondary N) is 1. The Hall–Kier alpha value is -1.34. The summed E-state index contributed by atoms with van der Waals surface area (Å²) in [6.07, 6.45) is 6.82. The third-order valence-corrected chi connectivity index (χ3v) is 4.62. The molecule has 0 spiro atoms. The first kappa shape index (κ1) is 17.0. The fraction of sp³-hybridized carbons (Fsp3) is 0.786. The predicted octanol–water partition coefficient (Wildman–Crippen LogP) is 0.786. The van der Waals surface area contributed by atoms with Crippen LogP contribution < -0.4 is 22.0 Å². The molecule has 1 aliphatic carbocycles. The molecule has 0 radical (unpaired) electrons. The number of aromatic amines is 1. The molecule has 1 saturated heterocycles. The van der Waals surface area contributed by atoms with Gasteiger partial charge in [-0.3, -0.25) is 4.98 Å². The maximum Gasteiger partial charge on any atom is 0.355 e. The van der Waals surface area contributed by atoms with Gasteiger partial charge in [0.05, 0.1) is 0 Å². The van der Waals surface area contributed by atoms with Gasteiger partial charge in [-0.25, -0.2) is 14.2 Å². The maximum atomic E-state index is 12.3. The number of rotatable bonds is 2. The SMILES string of the molecule is Cl.NC1CCN(c2nc(=O)n(C3CCCCC3)c(=O)[nH]2)CC1. The molecule has 0 atom stereocenters. The van der Waals surface area contributed by atoms with Crippen molar-refractivity contribution in [2.75, 3.05) is 18.0 Å². The van der Waals surface area contributed by atoms with Gasteiger partial charge in [-0.1, -0.05) is 19.3 Å². The normalized spacial score (nSPS) is 20.7. The van der Waals surface area contributed by atoms with Crippen molar-refractivity contribution in [3.05, 3.63) is 21.0 Å². The molecule has 1 aromatic heterocycles. The standard InChI is InChI=1S/C14H23N5O2.ClH/c15-10-6-8-18(9-7-10)12-16-13(20)19(14(21)17-12)11-4-2-1-3-5-11;/h10-11H,1-9,15H2,(H,16,17,20,21);1H. The molecular weight excluding hydrogens is 306 g/mol. The van der Waals surface area contributed by atoms with Crippen LogP contribution in [0.4, 0.5) is 5.95 Å². The lowest BCUT2D eigenvalue weighted by atomic mass is 9.95. The molecule has 8 heteroatoms. The molecule has 22 heavy (non-hydrogen) atoms. The number of nitrogens with two attached hydrogens (primary N) is 1. The summed E-state index contributed by atoms with van der Waals surface area (Å²) in [6.45, 7) is 1.47. The van der Waals surface area contributed by atoms with Gasteiger partial charge in [-0.05, 0) is 25.7 Å².